The molecule has 0 saturated carbocycles. The van der Waals surface area contributed by atoms with Crippen molar-refractivity contribution in [2.45, 2.75) is 20.4 Å². The first-order chi connectivity index (χ1) is 8.95. The molecule has 5 heteroatoms. The van der Waals surface area contributed by atoms with Crippen LogP contribution in [0.15, 0.2) is 24.3 Å². The van der Waals surface area contributed by atoms with Gasteiger partial charge in [-0.25, -0.2) is 4.79 Å². The standard InChI is InChI=1S/C14H20N2O3/c1-9(2)12(7-15)13(17)16-8-10-4-3-5-11(6-10)14(18)19/h3-6,9,12H,7-8,15H2,1-2H3,(H,16,17)(H,18,19). The van der Waals surface area contributed by atoms with E-state index in [0.717, 1.165) is 5.56 Å². The van der Waals surface area contributed by atoms with E-state index in [1.54, 1.807) is 18.2 Å². The van der Waals surface area contributed by atoms with Crippen LogP contribution in [-0.4, -0.2) is 23.5 Å². The Balaban J connectivity index is 2.64. The lowest BCUT2D eigenvalue weighted by molar-refractivity contribution is -0.126. The summed E-state index contributed by atoms with van der Waals surface area (Å²) >= 11 is 0. The van der Waals surface area contributed by atoms with Crippen molar-refractivity contribution in [3.05, 3.63) is 35.4 Å². The molecule has 0 aliphatic heterocycles. The maximum Gasteiger partial charge on any atom is 0.335 e. The molecule has 1 atom stereocenters. The van der Waals surface area contributed by atoms with Crippen LogP contribution in [0.5, 0.6) is 0 Å². The van der Waals surface area contributed by atoms with Crippen LogP contribution in [0.4, 0.5) is 0 Å². The van der Waals surface area contributed by atoms with Crippen molar-refractivity contribution in [3.63, 3.8) is 0 Å². The Kier molecular flexibility index (Phi) is 5.51. The molecule has 104 valence electrons. The molecular weight excluding hydrogens is 244 g/mol. The number of benzene rings is 1. The van der Waals surface area contributed by atoms with Crippen molar-refractivity contribution in [1.29, 1.82) is 0 Å². The van der Waals surface area contributed by atoms with E-state index in [1.807, 2.05) is 13.8 Å². The minimum atomic E-state index is -0.977. The molecule has 0 bridgehead atoms. The van der Waals surface area contributed by atoms with Gasteiger partial charge < -0.3 is 16.2 Å². The van der Waals surface area contributed by atoms with Gasteiger partial charge in [0.15, 0.2) is 0 Å². The molecule has 1 aromatic rings. The highest BCUT2D eigenvalue weighted by Crippen LogP contribution is 2.10. The molecule has 0 heterocycles. The molecule has 0 aliphatic carbocycles. The molecule has 1 aromatic carbocycles. The number of hydrogen-bond acceptors (Lipinski definition) is 3. The van der Waals surface area contributed by atoms with Gasteiger partial charge in [0.05, 0.1) is 11.5 Å². The Morgan fingerprint density at radius 2 is 2.05 bits per heavy atom. The fraction of sp³-hybridized carbons (Fsp3) is 0.429. The van der Waals surface area contributed by atoms with Gasteiger partial charge in [-0.2, -0.15) is 0 Å². The van der Waals surface area contributed by atoms with E-state index >= 15 is 0 Å². The van der Waals surface area contributed by atoms with Crippen molar-refractivity contribution in [2.75, 3.05) is 6.54 Å². The third-order valence-electron chi connectivity index (χ3n) is 3.04. The molecule has 1 unspecified atom stereocenters. The van der Waals surface area contributed by atoms with E-state index in [4.69, 9.17) is 10.8 Å². The summed E-state index contributed by atoms with van der Waals surface area (Å²) in [5.74, 6) is -1.12. The molecule has 0 spiro atoms. The number of carboxylic acid groups (broad SMARTS) is 1. The Labute approximate surface area is 112 Å². The number of nitrogens with two attached hydrogens (primary N) is 1. The van der Waals surface area contributed by atoms with Gasteiger partial charge in [0.2, 0.25) is 5.91 Å². The summed E-state index contributed by atoms with van der Waals surface area (Å²) in [5.41, 5.74) is 6.54. The van der Waals surface area contributed by atoms with Gasteiger partial charge in [-0.05, 0) is 23.6 Å². The van der Waals surface area contributed by atoms with Crippen molar-refractivity contribution in [2.24, 2.45) is 17.6 Å². The van der Waals surface area contributed by atoms with Crippen molar-refractivity contribution in [3.8, 4) is 0 Å². The normalized spacial score (nSPS) is 12.2. The van der Waals surface area contributed by atoms with Crippen molar-refractivity contribution < 1.29 is 14.7 Å². The second-order valence-corrected chi connectivity index (χ2v) is 4.81. The molecule has 5 nitrogen and oxygen atoms in total. The smallest absolute Gasteiger partial charge is 0.335 e. The molecule has 0 saturated heterocycles. The lowest BCUT2D eigenvalue weighted by Gasteiger charge is -2.18. The number of nitrogens with one attached hydrogen (secondary N) is 1. The number of aromatic carboxylic acids is 1. The number of rotatable bonds is 6. The van der Waals surface area contributed by atoms with E-state index in [1.165, 1.54) is 6.07 Å². The highest BCUT2D eigenvalue weighted by Gasteiger charge is 2.19. The molecule has 19 heavy (non-hydrogen) atoms. The first-order valence-electron chi connectivity index (χ1n) is 6.25. The van der Waals surface area contributed by atoms with Crippen LogP contribution in [0.1, 0.15) is 29.8 Å². The largest absolute Gasteiger partial charge is 0.478 e. The topological polar surface area (TPSA) is 92.4 Å². The Morgan fingerprint density at radius 1 is 1.37 bits per heavy atom. The SMILES string of the molecule is CC(C)C(CN)C(=O)NCc1cccc(C(=O)O)c1. The van der Waals surface area contributed by atoms with Crippen molar-refractivity contribution in [1.82, 2.24) is 5.32 Å². The number of hydrogen-bond donors (Lipinski definition) is 3. The second-order valence-electron chi connectivity index (χ2n) is 4.81. The van der Waals surface area contributed by atoms with Gasteiger partial charge >= 0.3 is 5.97 Å². The van der Waals surface area contributed by atoms with Crippen LogP contribution in [-0.2, 0) is 11.3 Å². The maximum absolute atomic E-state index is 11.9. The fourth-order valence-electron chi connectivity index (χ4n) is 1.82. The summed E-state index contributed by atoms with van der Waals surface area (Å²) in [7, 11) is 0. The molecular formula is C14H20N2O3. The van der Waals surface area contributed by atoms with E-state index < -0.39 is 5.97 Å². The van der Waals surface area contributed by atoms with Gasteiger partial charge in [0, 0.05) is 13.1 Å². The third-order valence-corrected chi connectivity index (χ3v) is 3.04. The summed E-state index contributed by atoms with van der Waals surface area (Å²) < 4.78 is 0. The predicted octanol–water partition coefficient (Wildman–Crippen LogP) is 1.23. The summed E-state index contributed by atoms with van der Waals surface area (Å²) in [6.45, 7) is 4.51. The van der Waals surface area contributed by atoms with E-state index in [-0.39, 0.29) is 23.3 Å². The van der Waals surface area contributed by atoms with Crippen molar-refractivity contribution >= 4 is 11.9 Å². The number of carboxylic acids is 1. The zero-order chi connectivity index (χ0) is 14.4. The van der Waals surface area contributed by atoms with Crippen LogP contribution in [0.25, 0.3) is 0 Å². The van der Waals surface area contributed by atoms with Gasteiger partial charge in [0.25, 0.3) is 0 Å². The van der Waals surface area contributed by atoms with Gasteiger partial charge in [0.1, 0.15) is 0 Å². The van der Waals surface area contributed by atoms with Crippen LogP contribution in [0, 0.1) is 11.8 Å². The Morgan fingerprint density at radius 3 is 2.58 bits per heavy atom. The minimum Gasteiger partial charge on any atom is -0.478 e. The van der Waals surface area contributed by atoms with E-state index in [2.05, 4.69) is 5.32 Å². The van der Waals surface area contributed by atoms with Gasteiger partial charge in [-0.1, -0.05) is 26.0 Å². The molecule has 0 aromatic heterocycles. The zero-order valence-electron chi connectivity index (χ0n) is 11.2. The Hall–Kier alpha value is -1.88. The maximum atomic E-state index is 11.9. The summed E-state index contributed by atoms with van der Waals surface area (Å²) in [6.07, 6.45) is 0. The monoisotopic (exact) mass is 264 g/mol. The summed E-state index contributed by atoms with van der Waals surface area (Å²) in [5, 5.41) is 11.7. The Bertz CT molecular complexity index is 458. The highest BCUT2D eigenvalue weighted by molar-refractivity contribution is 5.87. The minimum absolute atomic E-state index is 0.0989. The summed E-state index contributed by atoms with van der Waals surface area (Å²) in [4.78, 5) is 22.7. The third kappa shape index (κ3) is 4.37. The average molecular weight is 264 g/mol. The quantitative estimate of drug-likeness (QED) is 0.720. The molecule has 0 aliphatic rings. The lowest BCUT2D eigenvalue weighted by atomic mass is 9.95. The van der Waals surface area contributed by atoms with Crippen LogP contribution >= 0.6 is 0 Å². The van der Waals surface area contributed by atoms with Gasteiger partial charge in [-0.3, -0.25) is 4.79 Å². The summed E-state index contributed by atoms with van der Waals surface area (Å²) in [6, 6.07) is 6.51. The fourth-order valence-corrected chi connectivity index (χ4v) is 1.82. The first-order valence-corrected chi connectivity index (χ1v) is 6.25. The lowest BCUT2D eigenvalue weighted by Crippen LogP contribution is -2.37. The molecule has 4 N–H and O–H groups in total. The van der Waals surface area contributed by atoms with Crippen LogP contribution in [0.2, 0.25) is 0 Å². The van der Waals surface area contributed by atoms with Gasteiger partial charge in [-0.15, -0.1) is 0 Å². The highest BCUT2D eigenvalue weighted by atomic mass is 16.4. The average Bonchev–Trinajstić information content (AvgIpc) is 2.37. The first kappa shape index (κ1) is 15.2. The number of carbonyl (C=O) groups excluding carboxylic acids is 1. The second kappa shape index (κ2) is 6.89. The van der Waals surface area contributed by atoms with E-state index in [9.17, 15) is 9.59 Å². The molecule has 1 rings (SSSR count). The predicted molar refractivity (Wildman–Crippen MR) is 72.6 cm³/mol. The molecule has 0 radical (unpaired) electrons. The number of amides is 1. The molecule has 1 amide bonds. The zero-order valence-corrected chi connectivity index (χ0v) is 11.2. The van der Waals surface area contributed by atoms with E-state index in [0.29, 0.717) is 13.1 Å². The number of carbonyl (C=O) groups is 2. The van der Waals surface area contributed by atoms with Crippen LogP contribution in [0.3, 0.4) is 0 Å². The molecule has 0 fully saturated rings. The van der Waals surface area contributed by atoms with Crippen LogP contribution < -0.4 is 11.1 Å².